The molecule has 0 aromatic carbocycles. The molecule has 0 unspecified atom stereocenters. The van der Waals surface area contributed by atoms with Gasteiger partial charge in [0.15, 0.2) is 0 Å². The third-order valence-electron chi connectivity index (χ3n) is 2.34. The van der Waals surface area contributed by atoms with Crippen LogP contribution in [0, 0.1) is 0 Å². The summed E-state index contributed by atoms with van der Waals surface area (Å²) in [4.78, 5) is 18.2. The summed E-state index contributed by atoms with van der Waals surface area (Å²) in [6, 6.07) is 3.40. The summed E-state index contributed by atoms with van der Waals surface area (Å²) < 4.78 is 4.99. The Kier molecular flexibility index (Phi) is 5.51. The van der Waals surface area contributed by atoms with Gasteiger partial charge < -0.3 is 15.4 Å². The van der Waals surface area contributed by atoms with Gasteiger partial charge in [0.25, 0.3) is 0 Å². The Morgan fingerprint density at radius 2 is 2.33 bits per heavy atom. The van der Waals surface area contributed by atoms with E-state index >= 15 is 0 Å². The molecule has 0 atom stereocenters. The number of nitrogens with zero attached hydrogens (tertiary/aromatic N) is 2. The summed E-state index contributed by atoms with van der Waals surface area (Å²) in [6.07, 6.45) is 2.21. The van der Waals surface area contributed by atoms with Gasteiger partial charge in [0.1, 0.15) is 11.4 Å². The molecular weight excluding hydrogens is 250 g/mol. The highest BCUT2D eigenvalue weighted by atomic mass is 32.1. The maximum absolute atomic E-state index is 11.8. The molecule has 98 valence electrons. The molecule has 0 spiro atoms. The lowest BCUT2D eigenvalue weighted by Gasteiger charge is -2.20. The monoisotopic (exact) mass is 267 g/mol. The lowest BCUT2D eigenvalue weighted by molar-refractivity contribution is 0.0526. The molecular formula is C12H17N3O2S. The summed E-state index contributed by atoms with van der Waals surface area (Å²) >= 11 is 4.83. The number of carbonyl (C=O) groups is 1. The highest BCUT2D eigenvalue weighted by Gasteiger charge is 2.16. The third-order valence-corrected chi connectivity index (χ3v) is 2.54. The van der Waals surface area contributed by atoms with Crippen molar-refractivity contribution in [3.8, 4) is 0 Å². The fraction of sp³-hybridized carbons (Fsp3) is 0.417. The van der Waals surface area contributed by atoms with E-state index in [0.717, 1.165) is 0 Å². The largest absolute Gasteiger partial charge is 0.462 e. The maximum atomic E-state index is 11.8. The molecule has 0 aliphatic carbocycles. The zero-order valence-electron chi connectivity index (χ0n) is 10.5. The van der Waals surface area contributed by atoms with Crippen molar-refractivity contribution >= 4 is 29.0 Å². The molecule has 2 N–H and O–H groups in total. The number of carbonyl (C=O) groups excluding carboxylic acids is 1. The highest BCUT2D eigenvalue weighted by Crippen LogP contribution is 2.17. The van der Waals surface area contributed by atoms with Crippen molar-refractivity contribution in [2.24, 2.45) is 5.73 Å². The van der Waals surface area contributed by atoms with Gasteiger partial charge in [-0.3, -0.25) is 0 Å². The average molecular weight is 267 g/mol. The van der Waals surface area contributed by atoms with E-state index < -0.39 is 0 Å². The number of hydrogen-bond donors (Lipinski definition) is 1. The number of nitrogens with two attached hydrogens (primary N) is 1. The van der Waals surface area contributed by atoms with Crippen LogP contribution in [0.15, 0.2) is 18.3 Å². The number of ether oxygens (including phenoxy) is 1. The Balaban J connectivity index is 2.87. The van der Waals surface area contributed by atoms with Crippen molar-refractivity contribution in [1.82, 2.24) is 4.98 Å². The van der Waals surface area contributed by atoms with Crippen LogP contribution in [0.25, 0.3) is 0 Å². The molecule has 0 bridgehead atoms. The molecule has 18 heavy (non-hydrogen) atoms. The Morgan fingerprint density at radius 1 is 1.61 bits per heavy atom. The van der Waals surface area contributed by atoms with Crippen molar-refractivity contribution in [3.63, 3.8) is 0 Å². The molecule has 0 saturated carbocycles. The van der Waals surface area contributed by atoms with E-state index in [-0.39, 0.29) is 5.97 Å². The van der Waals surface area contributed by atoms with E-state index in [1.165, 1.54) is 0 Å². The second-order valence-corrected chi connectivity index (χ2v) is 4.26. The molecule has 6 heteroatoms. The molecule has 0 aliphatic rings. The first kappa shape index (κ1) is 14.4. The quantitative estimate of drug-likeness (QED) is 0.620. The molecule has 1 aromatic rings. The fourth-order valence-corrected chi connectivity index (χ4v) is 1.54. The molecule has 0 amide bonds. The van der Waals surface area contributed by atoms with Gasteiger partial charge in [-0.25, -0.2) is 9.78 Å². The molecule has 0 aliphatic heterocycles. The predicted molar refractivity (Wildman–Crippen MR) is 74.9 cm³/mol. The number of aromatic nitrogens is 1. The lowest BCUT2D eigenvalue weighted by atomic mass is 10.2. The first-order valence-electron chi connectivity index (χ1n) is 5.67. The Labute approximate surface area is 112 Å². The zero-order valence-corrected chi connectivity index (χ0v) is 11.4. The number of hydrogen-bond acceptors (Lipinski definition) is 5. The van der Waals surface area contributed by atoms with Gasteiger partial charge in [0, 0.05) is 26.2 Å². The molecule has 0 fully saturated rings. The van der Waals surface area contributed by atoms with Crippen LogP contribution in [0.5, 0.6) is 0 Å². The lowest BCUT2D eigenvalue weighted by Crippen LogP contribution is -2.26. The minimum atomic E-state index is -0.372. The number of esters is 1. The molecule has 1 heterocycles. The van der Waals surface area contributed by atoms with Crippen LogP contribution in [-0.2, 0) is 4.74 Å². The van der Waals surface area contributed by atoms with Gasteiger partial charge in [-0.1, -0.05) is 12.2 Å². The molecule has 1 aromatic heterocycles. The van der Waals surface area contributed by atoms with E-state index in [2.05, 4.69) is 4.98 Å². The van der Waals surface area contributed by atoms with Crippen LogP contribution in [-0.4, -0.2) is 36.1 Å². The number of thiocarbonyl (C=S) groups is 1. The minimum absolute atomic E-state index is 0.337. The van der Waals surface area contributed by atoms with E-state index in [9.17, 15) is 4.79 Å². The Morgan fingerprint density at radius 3 is 2.94 bits per heavy atom. The van der Waals surface area contributed by atoms with Gasteiger partial charge in [-0.05, 0) is 19.1 Å². The second kappa shape index (κ2) is 6.90. The van der Waals surface area contributed by atoms with E-state index in [0.29, 0.717) is 35.9 Å². The minimum Gasteiger partial charge on any atom is -0.462 e. The topological polar surface area (TPSA) is 68.5 Å². The molecule has 1 rings (SSSR count). The molecule has 5 nitrogen and oxygen atoms in total. The summed E-state index contributed by atoms with van der Waals surface area (Å²) in [6.45, 7) is 2.72. The smallest absolute Gasteiger partial charge is 0.341 e. The number of anilines is 1. The SMILES string of the molecule is CCOC(=O)c1cccnc1N(C)CCC(N)=S. The van der Waals surface area contributed by atoms with E-state index in [1.54, 1.807) is 25.3 Å². The van der Waals surface area contributed by atoms with Gasteiger partial charge in [-0.2, -0.15) is 0 Å². The number of rotatable bonds is 6. The Hall–Kier alpha value is -1.69. The Bertz CT molecular complexity index is 437. The van der Waals surface area contributed by atoms with Crippen LogP contribution in [0.4, 0.5) is 5.82 Å². The standard InChI is InChI=1S/C12H17N3O2S/c1-3-17-12(16)9-5-4-7-14-11(9)15(2)8-6-10(13)18/h4-5,7H,3,6,8H2,1-2H3,(H2,13,18). The van der Waals surface area contributed by atoms with Gasteiger partial charge in [0.05, 0.1) is 11.6 Å². The summed E-state index contributed by atoms with van der Waals surface area (Å²) in [5.74, 6) is 0.204. The van der Waals surface area contributed by atoms with Crippen molar-refractivity contribution in [2.45, 2.75) is 13.3 Å². The second-order valence-electron chi connectivity index (χ2n) is 3.73. The van der Waals surface area contributed by atoms with Crippen LogP contribution in [0.1, 0.15) is 23.7 Å². The van der Waals surface area contributed by atoms with Crippen molar-refractivity contribution in [3.05, 3.63) is 23.9 Å². The van der Waals surface area contributed by atoms with Gasteiger partial charge in [0.2, 0.25) is 0 Å². The normalized spacial score (nSPS) is 9.89. The predicted octanol–water partition coefficient (Wildman–Crippen LogP) is 1.37. The van der Waals surface area contributed by atoms with E-state index in [1.807, 2.05) is 11.9 Å². The van der Waals surface area contributed by atoms with Gasteiger partial charge in [-0.15, -0.1) is 0 Å². The van der Waals surface area contributed by atoms with E-state index in [4.69, 9.17) is 22.7 Å². The van der Waals surface area contributed by atoms with Crippen LogP contribution in [0.2, 0.25) is 0 Å². The fourth-order valence-electron chi connectivity index (χ4n) is 1.45. The van der Waals surface area contributed by atoms with Crippen LogP contribution < -0.4 is 10.6 Å². The van der Waals surface area contributed by atoms with Crippen molar-refractivity contribution < 1.29 is 9.53 Å². The van der Waals surface area contributed by atoms with Crippen molar-refractivity contribution in [2.75, 3.05) is 25.1 Å². The summed E-state index contributed by atoms with van der Waals surface area (Å²) in [7, 11) is 1.84. The zero-order chi connectivity index (χ0) is 13.5. The van der Waals surface area contributed by atoms with Crippen molar-refractivity contribution in [1.29, 1.82) is 0 Å². The van der Waals surface area contributed by atoms with Gasteiger partial charge >= 0.3 is 5.97 Å². The molecule has 0 saturated heterocycles. The summed E-state index contributed by atoms with van der Waals surface area (Å²) in [5.41, 5.74) is 5.91. The average Bonchev–Trinajstić information content (AvgIpc) is 2.36. The molecule has 0 radical (unpaired) electrons. The maximum Gasteiger partial charge on any atom is 0.341 e. The first-order valence-corrected chi connectivity index (χ1v) is 6.08. The van der Waals surface area contributed by atoms with Crippen LogP contribution in [0.3, 0.4) is 0 Å². The number of pyridine rings is 1. The first-order chi connectivity index (χ1) is 8.56. The highest BCUT2D eigenvalue weighted by molar-refractivity contribution is 7.80. The summed E-state index contributed by atoms with van der Waals surface area (Å²) in [5, 5.41) is 0. The third kappa shape index (κ3) is 3.96. The van der Waals surface area contributed by atoms with Crippen LogP contribution >= 0.6 is 12.2 Å².